The van der Waals surface area contributed by atoms with Crippen LogP contribution in [0.1, 0.15) is 47.5 Å². The number of ether oxygens (including phenoxy) is 1. The Bertz CT molecular complexity index is 426. The molecular weight excluding hydrogens is 292 g/mol. The van der Waals surface area contributed by atoms with Gasteiger partial charge in [-0.2, -0.15) is 0 Å². The van der Waals surface area contributed by atoms with Crippen LogP contribution in [0.25, 0.3) is 0 Å². The number of carbonyl (C=O) groups is 2. The van der Waals surface area contributed by atoms with Crippen LogP contribution < -0.4 is 0 Å². The SMILES string of the molecule is CC.CCC1CCOCCN1C(=O)/C(C=C(C)C)=C/N(C)C=O. The molecule has 1 heterocycles. The van der Waals surface area contributed by atoms with Gasteiger partial charge in [0.15, 0.2) is 0 Å². The fraction of sp³-hybridized carbons (Fsp3) is 0.667. The second kappa shape index (κ2) is 11.9. The van der Waals surface area contributed by atoms with Crippen LogP contribution in [0.3, 0.4) is 0 Å². The summed E-state index contributed by atoms with van der Waals surface area (Å²) in [7, 11) is 1.63. The van der Waals surface area contributed by atoms with E-state index < -0.39 is 0 Å². The highest BCUT2D eigenvalue weighted by atomic mass is 16.5. The molecule has 1 fully saturated rings. The molecule has 5 heteroatoms. The molecule has 0 bridgehead atoms. The molecule has 1 rings (SSSR count). The van der Waals surface area contributed by atoms with E-state index in [2.05, 4.69) is 6.92 Å². The van der Waals surface area contributed by atoms with Gasteiger partial charge in [0.25, 0.3) is 5.91 Å². The van der Waals surface area contributed by atoms with Crippen LogP contribution in [0.5, 0.6) is 0 Å². The lowest BCUT2D eigenvalue weighted by molar-refractivity contribution is -0.129. The molecule has 2 amide bonds. The van der Waals surface area contributed by atoms with E-state index in [1.54, 1.807) is 13.2 Å². The third-order valence-electron chi connectivity index (χ3n) is 3.44. The number of nitrogens with zero attached hydrogens (tertiary/aromatic N) is 2. The zero-order valence-corrected chi connectivity index (χ0v) is 15.5. The van der Waals surface area contributed by atoms with Crippen LogP contribution in [-0.2, 0) is 14.3 Å². The normalized spacial score (nSPS) is 18.3. The van der Waals surface area contributed by atoms with E-state index in [9.17, 15) is 9.59 Å². The molecule has 0 radical (unpaired) electrons. The van der Waals surface area contributed by atoms with E-state index >= 15 is 0 Å². The van der Waals surface area contributed by atoms with Crippen LogP contribution in [0.2, 0.25) is 0 Å². The van der Waals surface area contributed by atoms with Crippen molar-refractivity contribution in [1.29, 1.82) is 0 Å². The first kappa shape index (κ1) is 21.4. The van der Waals surface area contributed by atoms with Gasteiger partial charge in [-0.25, -0.2) is 0 Å². The van der Waals surface area contributed by atoms with E-state index in [-0.39, 0.29) is 11.9 Å². The molecule has 0 aromatic carbocycles. The average molecular weight is 324 g/mol. The van der Waals surface area contributed by atoms with Crippen molar-refractivity contribution in [3.63, 3.8) is 0 Å². The quantitative estimate of drug-likeness (QED) is 0.444. The topological polar surface area (TPSA) is 49.9 Å². The average Bonchev–Trinajstić information content (AvgIpc) is 2.80. The molecule has 1 atom stereocenters. The number of rotatable bonds is 5. The fourth-order valence-electron chi connectivity index (χ4n) is 2.40. The Kier molecular flexibility index (Phi) is 11.0. The summed E-state index contributed by atoms with van der Waals surface area (Å²) < 4.78 is 5.47. The molecule has 1 unspecified atom stereocenters. The molecule has 23 heavy (non-hydrogen) atoms. The van der Waals surface area contributed by atoms with Gasteiger partial charge in [0.1, 0.15) is 0 Å². The summed E-state index contributed by atoms with van der Waals surface area (Å²) in [5.74, 6) is -0.0396. The maximum atomic E-state index is 12.8. The molecular formula is C18H32N2O3. The third kappa shape index (κ3) is 7.46. The summed E-state index contributed by atoms with van der Waals surface area (Å²) in [6.45, 7) is 11.8. The minimum atomic E-state index is -0.0396. The van der Waals surface area contributed by atoms with E-state index in [4.69, 9.17) is 4.74 Å². The highest BCUT2D eigenvalue weighted by Gasteiger charge is 2.26. The first-order valence-electron chi connectivity index (χ1n) is 8.42. The maximum absolute atomic E-state index is 12.8. The summed E-state index contributed by atoms with van der Waals surface area (Å²) in [4.78, 5) is 26.9. The Morgan fingerprint density at radius 3 is 2.48 bits per heavy atom. The van der Waals surface area contributed by atoms with Gasteiger partial charge >= 0.3 is 0 Å². The van der Waals surface area contributed by atoms with Crippen molar-refractivity contribution in [1.82, 2.24) is 9.80 Å². The molecule has 0 aliphatic carbocycles. The monoisotopic (exact) mass is 324 g/mol. The highest BCUT2D eigenvalue weighted by molar-refractivity contribution is 5.96. The third-order valence-corrected chi connectivity index (χ3v) is 3.44. The van der Waals surface area contributed by atoms with Crippen molar-refractivity contribution in [2.45, 2.75) is 53.5 Å². The van der Waals surface area contributed by atoms with E-state index in [0.717, 1.165) is 18.4 Å². The number of allylic oxidation sites excluding steroid dienone is 1. The predicted octanol–water partition coefficient (Wildman–Crippen LogP) is 2.98. The largest absolute Gasteiger partial charge is 0.380 e. The summed E-state index contributed by atoms with van der Waals surface area (Å²) in [5.41, 5.74) is 1.55. The lowest BCUT2D eigenvalue weighted by Gasteiger charge is -2.29. The van der Waals surface area contributed by atoms with Gasteiger partial charge in [-0.3, -0.25) is 9.59 Å². The van der Waals surface area contributed by atoms with Gasteiger partial charge in [0.2, 0.25) is 6.41 Å². The number of hydrogen-bond acceptors (Lipinski definition) is 3. The highest BCUT2D eigenvalue weighted by Crippen LogP contribution is 2.17. The van der Waals surface area contributed by atoms with Crippen LogP contribution >= 0.6 is 0 Å². The second-order valence-corrected chi connectivity index (χ2v) is 5.54. The minimum absolute atomic E-state index is 0.0396. The van der Waals surface area contributed by atoms with Crippen molar-refractivity contribution in [2.24, 2.45) is 0 Å². The summed E-state index contributed by atoms with van der Waals surface area (Å²) >= 11 is 0. The standard InChI is InChI=1S/C16H26N2O3.C2H6/c1-5-15-6-8-21-9-7-18(15)16(20)14(10-13(2)3)11-17(4)12-19;1-2/h10-12,15H,5-9H2,1-4H3;1-2H3/b14-11+;. The molecule has 0 aromatic rings. The minimum Gasteiger partial charge on any atom is -0.380 e. The molecule has 5 nitrogen and oxygen atoms in total. The number of hydrogen-bond donors (Lipinski definition) is 0. The molecule has 0 saturated carbocycles. The lowest BCUT2D eigenvalue weighted by atomic mass is 10.1. The molecule has 0 N–H and O–H groups in total. The van der Waals surface area contributed by atoms with Gasteiger partial charge in [0, 0.05) is 32.4 Å². The Labute approximate surface area is 141 Å². The molecule has 0 aromatic heterocycles. The van der Waals surface area contributed by atoms with E-state index in [1.807, 2.05) is 38.7 Å². The smallest absolute Gasteiger partial charge is 0.255 e. The zero-order chi connectivity index (χ0) is 17.8. The molecule has 1 saturated heterocycles. The van der Waals surface area contributed by atoms with Crippen LogP contribution in [0, 0.1) is 0 Å². The summed E-state index contributed by atoms with van der Waals surface area (Å²) in [6.07, 6.45) is 5.85. The number of amides is 2. The lowest BCUT2D eigenvalue weighted by Crippen LogP contribution is -2.41. The van der Waals surface area contributed by atoms with Gasteiger partial charge in [-0.05, 0) is 32.8 Å². The van der Waals surface area contributed by atoms with Gasteiger partial charge in [0.05, 0.1) is 12.2 Å². The molecule has 132 valence electrons. The van der Waals surface area contributed by atoms with E-state index in [1.165, 1.54) is 4.90 Å². The maximum Gasteiger partial charge on any atom is 0.255 e. The second-order valence-electron chi connectivity index (χ2n) is 5.54. The summed E-state index contributed by atoms with van der Waals surface area (Å²) in [5, 5.41) is 0. The Balaban J connectivity index is 0.00000232. The van der Waals surface area contributed by atoms with Crippen LogP contribution in [0.15, 0.2) is 23.4 Å². The van der Waals surface area contributed by atoms with Gasteiger partial charge in [-0.15, -0.1) is 0 Å². The van der Waals surface area contributed by atoms with Crippen LogP contribution in [0.4, 0.5) is 0 Å². The van der Waals surface area contributed by atoms with Crippen molar-refractivity contribution in [3.05, 3.63) is 23.4 Å². The van der Waals surface area contributed by atoms with Gasteiger partial charge < -0.3 is 14.5 Å². The van der Waals surface area contributed by atoms with E-state index in [0.29, 0.717) is 31.7 Å². The van der Waals surface area contributed by atoms with Crippen molar-refractivity contribution >= 4 is 12.3 Å². The molecule has 1 aliphatic heterocycles. The van der Waals surface area contributed by atoms with Crippen LogP contribution in [-0.4, -0.2) is 55.0 Å². The molecule has 0 spiro atoms. The number of carbonyl (C=O) groups excluding carboxylic acids is 2. The van der Waals surface area contributed by atoms with Crippen molar-refractivity contribution in [3.8, 4) is 0 Å². The predicted molar refractivity (Wildman–Crippen MR) is 93.9 cm³/mol. The van der Waals surface area contributed by atoms with Crippen molar-refractivity contribution in [2.75, 3.05) is 26.8 Å². The summed E-state index contributed by atoms with van der Waals surface area (Å²) in [6, 6.07) is 0.190. The van der Waals surface area contributed by atoms with Gasteiger partial charge in [-0.1, -0.05) is 26.3 Å². The first-order valence-corrected chi connectivity index (χ1v) is 8.42. The Morgan fingerprint density at radius 2 is 1.96 bits per heavy atom. The Morgan fingerprint density at radius 1 is 1.30 bits per heavy atom. The van der Waals surface area contributed by atoms with Crippen molar-refractivity contribution < 1.29 is 14.3 Å². The zero-order valence-electron chi connectivity index (χ0n) is 15.5. The molecule has 1 aliphatic rings. The first-order chi connectivity index (χ1) is 11.0. The Hall–Kier alpha value is -1.62. The fourth-order valence-corrected chi connectivity index (χ4v) is 2.40.